The van der Waals surface area contributed by atoms with Gasteiger partial charge in [0.2, 0.25) is 6.79 Å². The van der Waals surface area contributed by atoms with Gasteiger partial charge in [0, 0.05) is 43.5 Å². The SMILES string of the molecule is C[C@@H]1CN([C@@H](C)CO)C(=O)c2cccc(NC(=O)c3ccncc3)c2O[C@@H]1CN(C)Cc1ccc2c(c1)OCO2. The lowest BCUT2D eigenvalue weighted by molar-refractivity contribution is 0.0343. The Morgan fingerprint density at radius 1 is 1.18 bits per heavy atom. The van der Waals surface area contributed by atoms with E-state index >= 15 is 0 Å². The first kappa shape index (κ1) is 27.4. The van der Waals surface area contributed by atoms with Gasteiger partial charge in [-0.2, -0.15) is 0 Å². The predicted molar refractivity (Wildman–Crippen MR) is 149 cm³/mol. The summed E-state index contributed by atoms with van der Waals surface area (Å²) in [5.41, 5.74) is 2.25. The molecule has 10 nitrogen and oxygen atoms in total. The monoisotopic (exact) mass is 546 g/mol. The van der Waals surface area contributed by atoms with Crippen molar-refractivity contribution in [3.05, 3.63) is 77.6 Å². The molecule has 2 aliphatic heterocycles. The largest absolute Gasteiger partial charge is 0.486 e. The van der Waals surface area contributed by atoms with E-state index in [2.05, 4.69) is 15.2 Å². The first-order chi connectivity index (χ1) is 19.3. The number of aliphatic hydroxyl groups is 1. The van der Waals surface area contributed by atoms with Gasteiger partial charge in [0.05, 0.1) is 23.9 Å². The van der Waals surface area contributed by atoms with E-state index in [0.29, 0.717) is 42.2 Å². The number of nitrogens with one attached hydrogen (secondary N) is 1. The molecule has 0 radical (unpaired) electrons. The Morgan fingerprint density at radius 3 is 2.73 bits per heavy atom. The van der Waals surface area contributed by atoms with E-state index in [-0.39, 0.29) is 43.3 Å². The molecule has 2 N–H and O–H groups in total. The van der Waals surface area contributed by atoms with Crippen LogP contribution in [-0.4, -0.2) is 77.4 Å². The van der Waals surface area contributed by atoms with E-state index in [1.807, 2.05) is 39.1 Å². The third-order valence-corrected chi connectivity index (χ3v) is 7.26. The summed E-state index contributed by atoms with van der Waals surface area (Å²) in [5, 5.41) is 12.8. The highest BCUT2D eigenvalue weighted by atomic mass is 16.7. The Balaban J connectivity index is 1.43. The van der Waals surface area contributed by atoms with Gasteiger partial charge >= 0.3 is 0 Å². The summed E-state index contributed by atoms with van der Waals surface area (Å²) in [6, 6.07) is 13.9. The van der Waals surface area contributed by atoms with Gasteiger partial charge in [0.25, 0.3) is 11.8 Å². The van der Waals surface area contributed by atoms with E-state index in [1.54, 1.807) is 47.6 Å². The highest BCUT2D eigenvalue weighted by Gasteiger charge is 2.34. The number of ether oxygens (including phenoxy) is 3. The summed E-state index contributed by atoms with van der Waals surface area (Å²) in [6.45, 7) is 5.53. The molecular weight excluding hydrogens is 512 g/mol. The Hall–Kier alpha value is -4.15. The fourth-order valence-corrected chi connectivity index (χ4v) is 4.98. The molecule has 3 aromatic rings. The van der Waals surface area contributed by atoms with Crippen LogP contribution in [0.25, 0.3) is 0 Å². The third-order valence-electron chi connectivity index (χ3n) is 7.26. The molecule has 0 saturated heterocycles. The van der Waals surface area contributed by atoms with Crippen molar-refractivity contribution in [1.82, 2.24) is 14.8 Å². The number of hydrogen-bond donors (Lipinski definition) is 2. The number of aromatic nitrogens is 1. The number of aliphatic hydroxyl groups excluding tert-OH is 1. The van der Waals surface area contributed by atoms with Crippen molar-refractivity contribution in [2.45, 2.75) is 32.5 Å². The fraction of sp³-hybridized carbons (Fsp3) is 0.367. The van der Waals surface area contributed by atoms with Crippen molar-refractivity contribution in [3.8, 4) is 17.2 Å². The van der Waals surface area contributed by atoms with Crippen molar-refractivity contribution in [1.29, 1.82) is 0 Å². The molecule has 0 aliphatic carbocycles. The van der Waals surface area contributed by atoms with Crippen LogP contribution < -0.4 is 19.5 Å². The van der Waals surface area contributed by atoms with E-state index in [4.69, 9.17) is 14.2 Å². The van der Waals surface area contributed by atoms with Crippen LogP contribution in [0, 0.1) is 5.92 Å². The van der Waals surface area contributed by atoms with Crippen LogP contribution in [-0.2, 0) is 6.54 Å². The number of benzene rings is 2. The van der Waals surface area contributed by atoms with Gasteiger partial charge in [-0.1, -0.05) is 19.1 Å². The second-order valence-corrected chi connectivity index (χ2v) is 10.4. The first-order valence-corrected chi connectivity index (χ1v) is 13.3. The molecule has 3 heterocycles. The zero-order chi connectivity index (χ0) is 28.2. The lowest BCUT2D eigenvalue weighted by Crippen LogP contribution is -2.49. The number of carbonyl (C=O) groups is 2. The minimum absolute atomic E-state index is 0.0748. The lowest BCUT2D eigenvalue weighted by Gasteiger charge is -2.38. The molecule has 0 saturated carbocycles. The molecule has 2 aliphatic rings. The van der Waals surface area contributed by atoms with Crippen molar-refractivity contribution in [3.63, 3.8) is 0 Å². The van der Waals surface area contributed by atoms with Crippen LogP contribution in [0.1, 0.15) is 40.1 Å². The first-order valence-electron chi connectivity index (χ1n) is 13.3. The summed E-state index contributed by atoms with van der Waals surface area (Å²) in [5.74, 6) is 1.13. The maximum absolute atomic E-state index is 13.7. The van der Waals surface area contributed by atoms with Gasteiger partial charge in [0.1, 0.15) is 6.10 Å². The van der Waals surface area contributed by atoms with Crippen molar-refractivity contribution < 1.29 is 28.9 Å². The van der Waals surface area contributed by atoms with Gasteiger partial charge < -0.3 is 29.5 Å². The molecular formula is C30H34N4O6. The standard InChI is InChI=1S/C30H34N4O6/c1-19-14-34(20(2)17-35)30(37)23-5-4-6-24(32-29(36)22-9-11-31-12-10-22)28(23)40-27(19)16-33(3)15-21-7-8-25-26(13-21)39-18-38-25/h4-13,19-20,27,35H,14-18H2,1-3H3,(H,32,36)/t19-,20+,27-/m1/s1. The molecule has 2 aromatic carbocycles. The Kier molecular flexibility index (Phi) is 8.18. The second-order valence-electron chi connectivity index (χ2n) is 10.4. The second kappa shape index (κ2) is 11.9. The fourth-order valence-electron chi connectivity index (χ4n) is 4.98. The molecule has 0 unspecified atom stereocenters. The molecule has 0 fully saturated rings. The van der Waals surface area contributed by atoms with Crippen LogP contribution in [0.15, 0.2) is 60.9 Å². The highest BCUT2D eigenvalue weighted by molar-refractivity contribution is 6.07. The quantitative estimate of drug-likeness (QED) is 0.442. The predicted octanol–water partition coefficient (Wildman–Crippen LogP) is 3.41. The minimum Gasteiger partial charge on any atom is -0.486 e. The Bertz CT molecular complexity index is 1370. The van der Waals surface area contributed by atoms with Gasteiger partial charge in [-0.05, 0) is 55.9 Å². The molecule has 210 valence electrons. The zero-order valence-corrected chi connectivity index (χ0v) is 22.9. The number of hydrogen-bond acceptors (Lipinski definition) is 8. The van der Waals surface area contributed by atoms with Gasteiger partial charge in [-0.15, -0.1) is 0 Å². The molecule has 2 amide bonds. The molecule has 10 heteroatoms. The number of amides is 2. The number of fused-ring (bicyclic) bond motifs is 2. The van der Waals surface area contributed by atoms with E-state index in [0.717, 1.165) is 17.1 Å². The highest BCUT2D eigenvalue weighted by Crippen LogP contribution is 2.36. The number of nitrogens with zero attached hydrogens (tertiary/aromatic N) is 3. The van der Waals surface area contributed by atoms with Crippen LogP contribution in [0.2, 0.25) is 0 Å². The number of pyridine rings is 1. The topological polar surface area (TPSA) is 113 Å². The average molecular weight is 547 g/mol. The molecule has 1 aromatic heterocycles. The van der Waals surface area contributed by atoms with E-state index in [1.165, 1.54) is 0 Å². The maximum Gasteiger partial charge on any atom is 0.258 e. The maximum atomic E-state index is 13.7. The smallest absolute Gasteiger partial charge is 0.258 e. The number of para-hydroxylation sites is 1. The van der Waals surface area contributed by atoms with Gasteiger partial charge in [-0.25, -0.2) is 0 Å². The number of anilines is 1. The van der Waals surface area contributed by atoms with Gasteiger partial charge in [-0.3, -0.25) is 19.5 Å². The van der Waals surface area contributed by atoms with Gasteiger partial charge in [0.15, 0.2) is 17.2 Å². The minimum atomic E-state index is -0.386. The molecule has 40 heavy (non-hydrogen) atoms. The summed E-state index contributed by atoms with van der Waals surface area (Å²) < 4.78 is 17.6. The normalized spacial score (nSPS) is 18.9. The van der Waals surface area contributed by atoms with Crippen LogP contribution in [0.4, 0.5) is 5.69 Å². The number of carbonyl (C=O) groups excluding carboxylic acids is 2. The lowest BCUT2D eigenvalue weighted by atomic mass is 9.98. The van der Waals surface area contributed by atoms with E-state index < -0.39 is 0 Å². The Labute approximate surface area is 233 Å². The molecule has 3 atom stereocenters. The summed E-state index contributed by atoms with van der Waals surface area (Å²) in [4.78, 5) is 34.5. The zero-order valence-electron chi connectivity index (χ0n) is 22.9. The average Bonchev–Trinajstić information content (AvgIpc) is 3.43. The summed E-state index contributed by atoms with van der Waals surface area (Å²) in [6.07, 6.45) is 2.78. The number of likely N-dealkylation sites (N-methyl/N-ethyl adjacent to an activating group) is 1. The van der Waals surface area contributed by atoms with Crippen molar-refractivity contribution in [2.75, 3.05) is 38.9 Å². The van der Waals surface area contributed by atoms with Crippen molar-refractivity contribution >= 4 is 17.5 Å². The third kappa shape index (κ3) is 5.88. The summed E-state index contributed by atoms with van der Waals surface area (Å²) >= 11 is 0. The summed E-state index contributed by atoms with van der Waals surface area (Å²) in [7, 11) is 2.01. The van der Waals surface area contributed by atoms with Crippen LogP contribution >= 0.6 is 0 Å². The Morgan fingerprint density at radius 2 is 1.95 bits per heavy atom. The van der Waals surface area contributed by atoms with E-state index in [9.17, 15) is 14.7 Å². The molecule has 5 rings (SSSR count). The van der Waals surface area contributed by atoms with Crippen molar-refractivity contribution in [2.24, 2.45) is 5.92 Å². The number of rotatable bonds is 8. The molecule has 0 spiro atoms. The molecule has 0 bridgehead atoms. The van der Waals surface area contributed by atoms with Crippen LogP contribution in [0.5, 0.6) is 17.2 Å². The van der Waals surface area contributed by atoms with Crippen LogP contribution in [0.3, 0.4) is 0 Å².